The van der Waals surface area contributed by atoms with Gasteiger partial charge in [0.05, 0.1) is 6.42 Å². The lowest BCUT2D eigenvalue weighted by molar-refractivity contribution is -0.137. The third-order valence-corrected chi connectivity index (χ3v) is 3.23. The maximum absolute atomic E-state index is 13.7. The third kappa shape index (κ3) is 3.20. The van der Waals surface area contributed by atoms with Crippen molar-refractivity contribution >= 4 is 5.97 Å². The molecule has 104 valence electrons. The number of carboxylic acids is 1. The van der Waals surface area contributed by atoms with Crippen LogP contribution in [0.5, 0.6) is 0 Å². The van der Waals surface area contributed by atoms with E-state index in [0.29, 0.717) is 16.7 Å². The Morgan fingerprint density at radius 2 is 1.85 bits per heavy atom. The van der Waals surface area contributed by atoms with Gasteiger partial charge in [0, 0.05) is 5.92 Å². The predicted octanol–water partition coefficient (Wildman–Crippen LogP) is 3.88. The monoisotopic (exact) mass is 276 g/mol. The van der Waals surface area contributed by atoms with Gasteiger partial charge in [-0.05, 0) is 41.8 Å². The normalized spacial score (nSPS) is 12.2. The van der Waals surface area contributed by atoms with Gasteiger partial charge >= 0.3 is 5.97 Å². The van der Waals surface area contributed by atoms with Crippen LogP contribution in [0.4, 0.5) is 8.78 Å². The summed E-state index contributed by atoms with van der Waals surface area (Å²) in [5.74, 6) is -2.42. The van der Waals surface area contributed by atoms with Gasteiger partial charge in [0.15, 0.2) is 0 Å². The van der Waals surface area contributed by atoms with E-state index in [1.165, 1.54) is 24.3 Å². The van der Waals surface area contributed by atoms with Gasteiger partial charge in [-0.3, -0.25) is 4.79 Å². The Morgan fingerprint density at radius 1 is 1.15 bits per heavy atom. The molecule has 0 unspecified atom stereocenters. The first-order valence-corrected chi connectivity index (χ1v) is 6.20. The molecule has 20 heavy (non-hydrogen) atoms. The second kappa shape index (κ2) is 5.82. The summed E-state index contributed by atoms with van der Waals surface area (Å²) in [6.07, 6.45) is -0.216. The topological polar surface area (TPSA) is 37.3 Å². The lowest BCUT2D eigenvalue weighted by Crippen LogP contribution is -2.09. The minimum Gasteiger partial charge on any atom is -0.481 e. The average Bonchev–Trinajstić information content (AvgIpc) is 2.39. The molecule has 2 aromatic carbocycles. The molecule has 0 fully saturated rings. The Labute approximate surface area is 115 Å². The van der Waals surface area contributed by atoms with Crippen molar-refractivity contribution in [2.24, 2.45) is 0 Å². The molecule has 0 amide bonds. The molecule has 0 aliphatic heterocycles. The lowest BCUT2D eigenvalue weighted by Gasteiger charge is -2.16. The highest BCUT2D eigenvalue weighted by Gasteiger charge is 2.19. The van der Waals surface area contributed by atoms with Gasteiger partial charge < -0.3 is 5.11 Å². The summed E-state index contributed by atoms with van der Waals surface area (Å²) in [5.41, 5.74) is 1.54. The highest BCUT2D eigenvalue weighted by atomic mass is 19.1. The molecule has 0 spiro atoms. The number of hydrogen-bond acceptors (Lipinski definition) is 1. The van der Waals surface area contributed by atoms with Gasteiger partial charge in [0.25, 0.3) is 0 Å². The van der Waals surface area contributed by atoms with Crippen LogP contribution in [0, 0.1) is 18.6 Å². The van der Waals surface area contributed by atoms with Crippen molar-refractivity contribution in [3.8, 4) is 0 Å². The molecule has 0 heterocycles. The molecule has 0 bridgehead atoms. The number of hydrogen-bond donors (Lipinski definition) is 1. The number of carboxylic acid groups (broad SMARTS) is 1. The number of benzene rings is 2. The highest BCUT2D eigenvalue weighted by Crippen LogP contribution is 2.29. The molecule has 1 N–H and O–H groups in total. The van der Waals surface area contributed by atoms with Gasteiger partial charge in [0.2, 0.25) is 0 Å². The summed E-state index contributed by atoms with van der Waals surface area (Å²) in [5, 5.41) is 9.01. The molecule has 0 aliphatic rings. The SMILES string of the molecule is Cc1ccc([C@H](CC(=O)O)c2cccc(F)c2)cc1F. The van der Waals surface area contributed by atoms with Crippen LogP contribution in [0.15, 0.2) is 42.5 Å². The molecule has 1 atom stereocenters. The molecule has 0 radical (unpaired) electrons. The molecule has 0 aromatic heterocycles. The second-order valence-electron chi connectivity index (χ2n) is 4.71. The number of carbonyl (C=O) groups is 1. The Kier molecular flexibility index (Phi) is 4.13. The van der Waals surface area contributed by atoms with Crippen molar-refractivity contribution in [2.75, 3.05) is 0 Å². The van der Waals surface area contributed by atoms with E-state index in [1.54, 1.807) is 25.1 Å². The Morgan fingerprint density at radius 3 is 2.45 bits per heavy atom. The molecule has 2 nitrogen and oxygen atoms in total. The van der Waals surface area contributed by atoms with Crippen molar-refractivity contribution in [2.45, 2.75) is 19.3 Å². The molecule has 0 saturated heterocycles. The van der Waals surface area contributed by atoms with E-state index in [2.05, 4.69) is 0 Å². The van der Waals surface area contributed by atoms with E-state index >= 15 is 0 Å². The maximum atomic E-state index is 13.7. The van der Waals surface area contributed by atoms with Crippen LogP contribution in [0.2, 0.25) is 0 Å². The summed E-state index contributed by atoms with van der Waals surface area (Å²) in [6, 6.07) is 10.3. The van der Waals surface area contributed by atoms with Crippen molar-refractivity contribution in [1.29, 1.82) is 0 Å². The fourth-order valence-electron chi connectivity index (χ4n) is 2.15. The van der Waals surface area contributed by atoms with E-state index in [1.807, 2.05) is 0 Å². The Hall–Kier alpha value is -2.23. The zero-order chi connectivity index (χ0) is 14.7. The van der Waals surface area contributed by atoms with Gasteiger partial charge in [-0.15, -0.1) is 0 Å². The first kappa shape index (κ1) is 14.2. The van der Waals surface area contributed by atoms with E-state index < -0.39 is 23.5 Å². The van der Waals surface area contributed by atoms with Crippen LogP contribution in [0.3, 0.4) is 0 Å². The molecule has 4 heteroatoms. The Bertz CT molecular complexity index is 638. The van der Waals surface area contributed by atoms with E-state index in [9.17, 15) is 13.6 Å². The minimum absolute atomic E-state index is 0.216. The van der Waals surface area contributed by atoms with E-state index in [4.69, 9.17) is 5.11 Å². The van der Waals surface area contributed by atoms with Crippen molar-refractivity contribution in [3.05, 3.63) is 70.8 Å². The van der Waals surface area contributed by atoms with Gasteiger partial charge in [0.1, 0.15) is 11.6 Å². The molecule has 2 aromatic rings. The fraction of sp³-hybridized carbons (Fsp3) is 0.188. The Balaban J connectivity index is 2.46. The number of halogens is 2. The van der Waals surface area contributed by atoms with Crippen LogP contribution in [0.1, 0.15) is 29.0 Å². The first-order valence-electron chi connectivity index (χ1n) is 6.20. The summed E-state index contributed by atoms with van der Waals surface area (Å²) >= 11 is 0. The zero-order valence-corrected chi connectivity index (χ0v) is 10.9. The molecular formula is C16H14F2O2. The summed E-state index contributed by atoms with van der Waals surface area (Å²) in [6.45, 7) is 1.63. The lowest BCUT2D eigenvalue weighted by atomic mass is 9.88. The maximum Gasteiger partial charge on any atom is 0.304 e. The largest absolute Gasteiger partial charge is 0.481 e. The third-order valence-electron chi connectivity index (χ3n) is 3.23. The van der Waals surface area contributed by atoms with E-state index in [-0.39, 0.29) is 6.42 Å². The van der Waals surface area contributed by atoms with Crippen LogP contribution < -0.4 is 0 Å². The van der Waals surface area contributed by atoms with Crippen molar-refractivity contribution in [3.63, 3.8) is 0 Å². The van der Waals surface area contributed by atoms with Crippen LogP contribution >= 0.6 is 0 Å². The quantitative estimate of drug-likeness (QED) is 0.920. The van der Waals surface area contributed by atoms with Crippen molar-refractivity contribution in [1.82, 2.24) is 0 Å². The fourth-order valence-corrected chi connectivity index (χ4v) is 2.15. The standard InChI is InChI=1S/C16H14F2O2/c1-10-5-6-12(8-15(10)18)14(9-16(19)20)11-3-2-4-13(17)7-11/h2-8,14H,9H2,1H3,(H,19,20)/t14-/m1/s1. The molecule has 2 rings (SSSR count). The minimum atomic E-state index is -1.01. The van der Waals surface area contributed by atoms with Crippen LogP contribution in [0.25, 0.3) is 0 Å². The summed E-state index contributed by atoms with van der Waals surface area (Å²) in [7, 11) is 0. The highest BCUT2D eigenvalue weighted by molar-refractivity contribution is 5.69. The van der Waals surface area contributed by atoms with Gasteiger partial charge in [-0.25, -0.2) is 8.78 Å². The second-order valence-corrected chi connectivity index (χ2v) is 4.71. The molecular weight excluding hydrogens is 262 g/mol. The number of aryl methyl sites for hydroxylation is 1. The summed E-state index contributed by atoms with van der Waals surface area (Å²) in [4.78, 5) is 11.0. The van der Waals surface area contributed by atoms with Crippen LogP contribution in [-0.4, -0.2) is 11.1 Å². The van der Waals surface area contributed by atoms with E-state index in [0.717, 1.165) is 0 Å². The zero-order valence-electron chi connectivity index (χ0n) is 10.9. The number of aliphatic carboxylic acids is 1. The predicted molar refractivity (Wildman–Crippen MR) is 71.6 cm³/mol. The smallest absolute Gasteiger partial charge is 0.304 e. The first-order chi connectivity index (χ1) is 9.47. The summed E-state index contributed by atoms with van der Waals surface area (Å²) < 4.78 is 27.0. The van der Waals surface area contributed by atoms with Gasteiger partial charge in [-0.2, -0.15) is 0 Å². The average molecular weight is 276 g/mol. The van der Waals surface area contributed by atoms with Gasteiger partial charge in [-0.1, -0.05) is 24.3 Å². The van der Waals surface area contributed by atoms with Crippen LogP contribution in [-0.2, 0) is 4.79 Å². The molecule has 0 saturated carbocycles. The molecule has 0 aliphatic carbocycles. The number of rotatable bonds is 4. The van der Waals surface area contributed by atoms with Crippen molar-refractivity contribution < 1.29 is 18.7 Å².